The molecule has 2 aromatic rings. The van der Waals surface area contributed by atoms with Gasteiger partial charge in [0.25, 0.3) is 0 Å². The van der Waals surface area contributed by atoms with Gasteiger partial charge in [-0.1, -0.05) is 35.1 Å². The van der Waals surface area contributed by atoms with Crippen LogP contribution >= 0.6 is 44.1 Å². The molecule has 0 saturated carbocycles. The molecule has 1 N–H and O–H groups in total. The third kappa shape index (κ3) is 2.70. The topological polar surface area (TPSA) is 28.7 Å². The number of nitrogens with zero attached hydrogens (tertiary/aromatic N) is 1. The smallest absolute Gasteiger partial charge is 0.144 e. The largest absolute Gasteiger partial charge is 0.342 e. The second kappa shape index (κ2) is 5.59. The first-order chi connectivity index (χ1) is 8.52. The zero-order valence-electron chi connectivity index (χ0n) is 9.43. The lowest BCUT2D eigenvalue weighted by Crippen LogP contribution is -1.98. The number of aromatic amines is 1. The number of nitrogens with one attached hydrogen (secondary N) is 1. The van der Waals surface area contributed by atoms with E-state index in [2.05, 4.69) is 41.8 Å². The summed E-state index contributed by atoms with van der Waals surface area (Å²) in [4.78, 5) is 7.44. The van der Waals surface area contributed by atoms with Crippen molar-refractivity contribution in [1.29, 1.82) is 0 Å². The van der Waals surface area contributed by atoms with E-state index in [1.54, 1.807) is 6.07 Å². The summed E-state index contributed by atoms with van der Waals surface area (Å²) in [6.07, 6.45) is 0.784. The van der Waals surface area contributed by atoms with E-state index < -0.39 is 0 Å². The Morgan fingerprint density at radius 3 is 2.78 bits per heavy atom. The lowest BCUT2D eigenvalue weighted by molar-refractivity contribution is 0.628. The van der Waals surface area contributed by atoms with Gasteiger partial charge in [0.2, 0.25) is 0 Å². The summed E-state index contributed by atoms with van der Waals surface area (Å²) >= 11 is 12.0. The summed E-state index contributed by atoms with van der Waals surface area (Å²) in [6.45, 7) is 2.01. The van der Waals surface area contributed by atoms with Crippen molar-refractivity contribution in [3.8, 4) is 11.4 Å². The molecular formula is C12H9Br2FN2S. The van der Waals surface area contributed by atoms with Crippen molar-refractivity contribution < 1.29 is 4.39 Å². The van der Waals surface area contributed by atoms with Crippen LogP contribution in [0.5, 0.6) is 0 Å². The fourth-order valence-corrected chi connectivity index (χ4v) is 2.67. The molecule has 0 unspecified atom stereocenters. The molecule has 1 aromatic heterocycles. The lowest BCUT2D eigenvalue weighted by Gasteiger charge is -2.08. The molecule has 0 radical (unpaired) electrons. The standard InChI is InChI=1S/C12H9Br2FN2S/c1-2-9-10(14)12(18)17-11(16-9)7-5-6(15)3-4-8(7)13/h3-5H,2H2,1H3,(H,16,17,18). The maximum absolute atomic E-state index is 13.3. The molecule has 18 heavy (non-hydrogen) atoms. The van der Waals surface area contributed by atoms with Crippen LogP contribution in [0.3, 0.4) is 0 Å². The van der Waals surface area contributed by atoms with Gasteiger partial charge >= 0.3 is 0 Å². The number of rotatable bonds is 2. The van der Waals surface area contributed by atoms with E-state index in [1.807, 2.05) is 6.92 Å². The van der Waals surface area contributed by atoms with Gasteiger partial charge in [0.05, 0.1) is 4.47 Å². The first-order valence-electron chi connectivity index (χ1n) is 5.27. The maximum atomic E-state index is 13.3. The van der Waals surface area contributed by atoms with Crippen LogP contribution in [-0.2, 0) is 6.42 Å². The molecule has 0 atom stereocenters. The van der Waals surface area contributed by atoms with Crippen LogP contribution in [0.15, 0.2) is 27.1 Å². The van der Waals surface area contributed by atoms with Gasteiger partial charge < -0.3 is 4.98 Å². The van der Waals surface area contributed by atoms with Crippen LogP contribution in [0, 0.1) is 10.5 Å². The van der Waals surface area contributed by atoms with Crippen molar-refractivity contribution in [2.24, 2.45) is 0 Å². The summed E-state index contributed by atoms with van der Waals surface area (Å²) in [5.74, 6) is 0.252. The van der Waals surface area contributed by atoms with Crippen LogP contribution in [0.4, 0.5) is 4.39 Å². The molecule has 0 aliphatic heterocycles. The minimum Gasteiger partial charge on any atom is -0.342 e. The molecular weight excluding hydrogens is 383 g/mol. The predicted molar refractivity (Wildman–Crippen MR) is 79.6 cm³/mol. The highest BCUT2D eigenvalue weighted by Crippen LogP contribution is 2.28. The molecule has 1 heterocycles. The highest BCUT2D eigenvalue weighted by Gasteiger charge is 2.10. The molecule has 6 heteroatoms. The lowest BCUT2D eigenvalue weighted by atomic mass is 10.2. The Labute approximate surface area is 126 Å². The normalized spacial score (nSPS) is 10.7. The Morgan fingerprint density at radius 1 is 1.39 bits per heavy atom. The van der Waals surface area contributed by atoms with E-state index in [4.69, 9.17) is 12.2 Å². The maximum Gasteiger partial charge on any atom is 0.144 e. The number of hydrogen-bond donors (Lipinski definition) is 1. The van der Waals surface area contributed by atoms with Crippen molar-refractivity contribution in [2.75, 3.05) is 0 Å². The average Bonchev–Trinajstić information content (AvgIpc) is 2.35. The van der Waals surface area contributed by atoms with Crippen LogP contribution < -0.4 is 0 Å². The molecule has 1 aromatic carbocycles. The van der Waals surface area contributed by atoms with Gasteiger partial charge in [-0.05, 0) is 40.5 Å². The SMILES string of the molecule is CCc1[nH]c(-c2cc(F)ccc2Br)nc(=S)c1Br. The number of H-pyrrole nitrogens is 1. The molecule has 2 nitrogen and oxygen atoms in total. The van der Waals surface area contributed by atoms with Crippen molar-refractivity contribution in [3.63, 3.8) is 0 Å². The zero-order valence-corrected chi connectivity index (χ0v) is 13.4. The Morgan fingerprint density at radius 2 is 2.11 bits per heavy atom. The first-order valence-corrected chi connectivity index (χ1v) is 7.26. The van der Waals surface area contributed by atoms with E-state index in [-0.39, 0.29) is 5.82 Å². The Hall–Kier alpha value is -0.590. The van der Waals surface area contributed by atoms with Gasteiger partial charge in [-0.25, -0.2) is 9.37 Å². The molecule has 94 valence electrons. The molecule has 0 saturated heterocycles. The summed E-state index contributed by atoms with van der Waals surface area (Å²) in [5, 5.41) is 0. The van der Waals surface area contributed by atoms with Crippen LogP contribution in [0.2, 0.25) is 0 Å². The quantitative estimate of drug-likeness (QED) is 0.727. The molecule has 0 aliphatic rings. The van der Waals surface area contributed by atoms with Gasteiger partial charge in [-0.2, -0.15) is 0 Å². The van der Waals surface area contributed by atoms with Crippen molar-refractivity contribution in [2.45, 2.75) is 13.3 Å². The average molecular weight is 392 g/mol. The summed E-state index contributed by atoms with van der Waals surface area (Å²) in [5.41, 5.74) is 1.60. The van der Waals surface area contributed by atoms with E-state index in [9.17, 15) is 4.39 Å². The molecule has 0 bridgehead atoms. The van der Waals surface area contributed by atoms with Crippen molar-refractivity contribution in [3.05, 3.63) is 43.3 Å². The molecule has 0 amide bonds. The second-order valence-electron chi connectivity index (χ2n) is 3.66. The third-order valence-electron chi connectivity index (χ3n) is 2.47. The fourth-order valence-electron chi connectivity index (χ4n) is 1.56. The zero-order chi connectivity index (χ0) is 13.3. The highest BCUT2D eigenvalue weighted by atomic mass is 79.9. The van der Waals surface area contributed by atoms with Crippen LogP contribution in [0.25, 0.3) is 11.4 Å². The van der Waals surface area contributed by atoms with Gasteiger partial charge in [-0.15, -0.1) is 0 Å². The number of aryl methyl sites for hydroxylation is 1. The summed E-state index contributed by atoms with van der Waals surface area (Å²) in [7, 11) is 0. The van der Waals surface area contributed by atoms with E-state index in [0.29, 0.717) is 16.0 Å². The Balaban J connectivity index is 2.68. The molecule has 0 spiro atoms. The molecule has 2 rings (SSSR count). The van der Waals surface area contributed by atoms with E-state index >= 15 is 0 Å². The summed E-state index contributed by atoms with van der Waals surface area (Å²) < 4.78 is 15.3. The number of hydrogen-bond acceptors (Lipinski definition) is 2. The Kier molecular flexibility index (Phi) is 4.29. The summed E-state index contributed by atoms with van der Waals surface area (Å²) in [6, 6.07) is 4.46. The number of aromatic nitrogens is 2. The van der Waals surface area contributed by atoms with Gasteiger partial charge in [0, 0.05) is 15.7 Å². The van der Waals surface area contributed by atoms with Crippen LogP contribution in [-0.4, -0.2) is 9.97 Å². The van der Waals surface area contributed by atoms with E-state index in [0.717, 1.165) is 21.1 Å². The van der Waals surface area contributed by atoms with Gasteiger partial charge in [0.15, 0.2) is 0 Å². The molecule has 0 aliphatic carbocycles. The monoisotopic (exact) mass is 390 g/mol. The van der Waals surface area contributed by atoms with Crippen LogP contribution in [0.1, 0.15) is 12.6 Å². The van der Waals surface area contributed by atoms with Crippen molar-refractivity contribution >= 4 is 44.1 Å². The minimum atomic E-state index is -0.310. The predicted octanol–water partition coefficient (Wildman–Crippen LogP) is 5.03. The number of halogens is 3. The van der Waals surface area contributed by atoms with E-state index in [1.165, 1.54) is 12.1 Å². The third-order valence-corrected chi connectivity index (χ3v) is 4.58. The minimum absolute atomic E-state index is 0.310. The van der Waals surface area contributed by atoms with Crippen molar-refractivity contribution in [1.82, 2.24) is 9.97 Å². The first kappa shape index (κ1) is 13.8. The fraction of sp³-hybridized carbons (Fsp3) is 0.167. The second-order valence-corrected chi connectivity index (χ2v) is 5.69. The molecule has 0 fully saturated rings. The van der Waals surface area contributed by atoms with Gasteiger partial charge in [-0.3, -0.25) is 0 Å². The van der Waals surface area contributed by atoms with Gasteiger partial charge in [0.1, 0.15) is 16.3 Å². The number of benzene rings is 1. The Bertz CT molecular complexity index is 655. The highest BCUT2D eigenvalue weighted by molar-refractivity contribution is 9.11.